The molecule has 0 radical (unpaired) electrons. The highest BCUT2D eigenvalue weighted by Crippen LogP contribution is 2.19. The standard InChI is InChI=1S/C9H8BrClN2O/c10-7-4-6(9(11)13-5-7)2-1-3-8(12)14/h1-2,4-5H,3H2,(H2,12,14). The van der Waals surface area contributed by atoms with Crippen LogP contribution in [-0.2, 0) is 4.79 Å². The molecule has 1 amide bonds. The van der Waals surface area contributed by atoms with Gasteiger partial charge in [0.05, 0.1) is 0 Å². The number of aromatic nitrogens is 1. The lowest BCUT2D eigenvalue weighted by Gasteiger charge is -1.97. The van der Waals surface area contributed by atoms with E-state index >= 15 is 0 Å². The van der Waals surface area contributed by atoms with Crippen molar-refractivity contribution in [3.63, 3.8) is 0 Å². The monoisotopic (exact) mass is 274 g/mol. The molecule has 0 aliphatic carbocycles. The summed E-state index contributed by atoms with van der Waals surface area (Å²) in [5.41, 5.74) is 5.73. The van der Waals surface area contributed by atoms with E-state index in [4.69, 9.17) is 17.3 Å². The van der Waals surface area contributed by atoms with Gasteiger partial charge in [0.1, 0.15) is 5.15 Å². The highest BCUT2D eigenvalue weighted by atomic mass is 79.9. The second-order valence-corrected chi connectivity index (χ2v) is 3.88. The number of rotatable bonds is 3. The molecule has 0 fully saturated rings. The van der Waals surface area contributed by atoms with Crippen molar-refractivity contribution in [2.75, 3.05) is 0 Å². The van der Waals surface area contributed by atoms with Crippen molar-refractivity contribution in [3.8, 4) is 0 Å². The third-order valence-electron chi connectivity index (χ3n) is 1.45. The smallest absolute Gasteiger partial charge is 0.221 e. The molecule has 2 N–H and O–H groups in total. The maximum atomic E-state index is 10.5. The van der Waals surface area contributed by atoms with E-state index in [0.717, 1.165) is 10.0 Å². The van der Waals surface area contributed by atoms with E-state index in [0.29, 0.717) is 5.15 Å². The molecule has 0 atom stereocenters. The van der Waals surface area contributed by atoms with Crippen LogP contribution >= 0.6 is 27.5 Å². The number of carbonyl (C=O) groups excluding carboxylic acids is 1. The second kappa shape index (κ2) is 5.12. The van der Waals surface area contributed by atoms with E-state index in [1.165, 1.54) is 0 Å². The Morgan fingerprint density at radius 3 is 3.07 bits per heavy atom. The van der Waals surface area contributed by atoms with E-state index in [1.54, 1.807) is 18.3 Å². The fourth-order valence-electron chi connectivity index (χ4n) is 0.857. The van der Waals surface area contributed by atoms with Gasteiger partial charge in [0, 0.05) is 22.7 Å². The van der Waals surface area contributed by atoms with Gasteiger partial charge < -0.3 is 5.73 Å². The molecule has 0 aromatic carbocycles. The van der Waals surface area contributed by atoms with Gasteiger partial charge in [-0.2, -0.15) is 0 Å². The first-order chi connectivity index (χ1) is 6.59. The maximum absolute atomic E-state index is 10.5. The summed E-state index contributed by atoms with van der Waals surface area (Å²) in [6.07, 6.45) is 5.17. The Morgan fingerprint density at radius 1 is 1.71 bits per heavy atom. The van der Waals surface area contributed by atoms with Crippen molar-refractivity contribution in [1.82, 2.24) is 4.98 Å². The lowest BCUT2D eigenvalue weighted by Crippen LogP contribution is -2.07. The predicted molar refractivity (Wildman–Crippen MR) is 59.8 cm³/mol. The largest absolute Gasteiger partial charge is 0.369 e. The van der Waals surface area contributed by atoms with Gasteiger partial charge in [-0.25, -0.2) is 4.98 Å². The van der Waals surface area contributed by atoms with Crippen molar-refractivity contribution in [3.05, 3.63) is 33.5 Å². The molecule has 1 aromatic rings. The highest BCUT2D eigenvalue weighted by Gasteiger charge is 1.98. The summed E-state index contributed by atoms with van der Waals surface area (Å²) in [5, 5.41) is 0.397. The maximum Gasteiger partial charge on any atom is 0.221 e. The minimum absolute atomic E-state index is 0.197. The average Bonchev–Trinajstić information content (AvgIpc) is 2.10. The van der Waals surface area contributed by atoms with E-state index in [9.17, 15) is 4.79 Å². The molecule has 0 saturated carbocycles. The first-order valence-electron chi connectivity index (χ1n) is 3.85. The van der Waals surface area contributed by atoms with Gasteiger partial charge >= 0.3 is 0 Å². The van der Waals surface area contributed by atoms with Crippen molar-refractivity contribution < 1.29 is 4.79 Å². The molecule has 0 unspecified atom stereocenters. The summed E-state index contributed by atoms with van der Waals surface area (Å²) in [6.45, 7) is 0. The van der Waals surface area contributed by atoms with Crippen LogP contribution in [0.4, 0.5) is 0 Å². The Bertz CT molecular complexity index is 379. The van der Waals surface area contributed by atoms with Gasteiger partial charge in [0.25, 0.3) is 0 Å². The van der Waals surface area contributed by atoms with Crippen molar-refractivity contribution in [2.24, 2.45) is 5.73 Å². The predicted octanol–water partition coefficient (Wildman–Crippen LogP) is 2.39. The van der Waals surface area contributed by atoms with Crippen LogP contribution in [0.15, 0.2) is 22.8 Å². The van der Waals surface area contributed by atoms with Gasteiger partial charge in [-0.1, -0.05) is 23.8 Å². The summed E-state index contributed by atoms with van der Waals surface area (Å²) in [5.74, 6) is -0.375. The van der Waals surface area contributed by atoms with Gasteiger partial charge in [0.15, 0.2) is 0 Å². The molecule has 1 heterocycles. The quantitative estimate of drug-likeness (QED) is 0.861. The SMILES string of the molecule is NC(=O)CC=Cc1cc(Br)cnc1Cl. The van der Waals surface area contributed by atoms with E-state index < -0.39 is 0 Å². The number of hydrogen-bond donors (Lipinski definition) is 1. The minimum Gasteiger partial charge on any atom is -0.369 e. The van der Waals surface area contributed by atoms with Gasteiger partial charge in [-0.15, -0.1) is 0 Å². The molecule has 74 valence electrons. The van der Waals surface area contributed by atoms with Gasteiger partial charge in [0.2, 0.25) is 5.91 Å². The molecule has 1 rings (SSSR count). The van der Waals surface area contributed by atoms with Gasteiger partial charge in [-0.3, -0.25) is 4.79 Å². The molecular formula is C9H8BrClN2O. The Morgan fingerprint density at radius 2 is 2.43 bits per heavy atom. The fraction of sp³-hybridized carbons (Fsp3) is 0.111. The number of carbonyl (C=O) groups is 1. The molecule has 0 spiro atoms. The topological polar surface area (TPSA) is 56.0 Å². The van der Waals surface area contributed by atoms with Crippen LogP contribution in [0, 0.1) is 0 Å². The lowest BCUT2D eigenvalue weighted by atomic mass is 10.2. The van der Waals surface area contributed by atoms with Crippen molar-refractivity contribution in [2.45, 2.75) is 6.42 Å². The summed E-state index contributed by atoms with van der Waals surface area (Å²) in [6, 6.07) is 1.81. The van der Waals surface area contributed by atoms with E-state index in [2.05, 4.69) is 20.9 Å². The zero-order valence-electron chi connectivity index (χ0n) is 7.21. The first kappa shape index (κ1) is 11.2. The van der Waals surface area contributed by atoms with E-state index in [-0.39, 0.29) is 12.3 Å². The fourth-order valence-corrected chi connectivity index (χ4v) is 1.37. The number of halogens is 2. The third-order valence-corrected chi connectivity index (χ3v) is 2.20. The lowest BCUT2D eigenvalue weighted by molar-refractivity contribution is -0.117. The molecule has 3 nitrogen and oxygen atoms in total. The first-order valence-corrected chi connectivity index (χ1v) is 5.02. The molecule has 0 bridgehead atoms. The zero-order chi connectivity index (χ0) is 10.6. The third kappa shape index (κ3) is 3.47. The molecule has 0 aliphatic rings. The number of pyridine rings is 1. The van der Waals surface area contributed by atoms with E-state index in [1.807, 2.05) is 6.07 Å². The Hall–Kier alpha value is -0.870. The molecule has 0 saturated heterocycles. The second-order valence-electron chi connectivity index (χ2n) is 2.61. The number of nitrogens with two attached hydrogens (primary N) is 1. The molecule has 14 heavy (non-hydrogen) atoms. The summed E-state index contributed by atoms with van der Waals surface area (Å²) in [4.78, 5) is 14.4. The summed E-state index contributed by atoms with van der Waals surface area (Å²) < 4.78 is 0.834. The van der Waals surface area contributed by atoms with Crippen molar-refractivity contribution >= 4 is 39.5 Å². The average molecular weight is 276 g/mol. The summed E-state index contributed by atoms with van der Waals surface area (Å²) in [7, 11) is 0. The number of hydrogen-bond acceptors (Lipinski definition) is 2. The highest BCUT2D eigenvalue weighted by molar-refractivity contribution is 9.10. The Kier molecular flexibility index (Phi) is 4.10. The molecular weight excluding hydrogens is 267 g/mol. The number of amides is 1. The Balaban J connectivity index is 2.80. The van der Waals surface area contributed by atoms with Crippen LogP contribution in [-0.4, -0.2) is 10.9 Å². The molecule has 1 aromatic heterocycles. The molecule has 0 aliphatic heterocycles. The number of primary amides is 1. The van der Waals surface area contributed by atoms with Crippen LogP contribution in [0.5, 0.6) is 0 Å². The normalized spacial score (nSPS) is 10.7. The van der Waals surface area contributed by atoms with Gasteiger partial charge in [-0.05, 0) is 22.0 Å². The van der Waals surface area contributed by atoms with Crippen molar-refractivity contribution in [1.29, 1.82) is 0 Å². The molecule has 5 heteroatoms. The number of nitrogens with zero attached hydrogens (tertiary/aromatic N) is 1. The minimum atomic E-state index is -0.375. The van der Waals surface area contributed by atoms with Crippen LogP contribution in [0.1, 0.15) is 12.0 Å². The van der Waals surface area contributed by atoms with Crippen LogP contribution < -0.4 is 5.73 Å². The van der Waals surface area contributed by atoms with Crippen LogP contribution in [0.2, 0.25) is 5.15 Å². The van der Waals surface area contributed by atoms with Crippen LogP contribution in [0.3, 0.4) is 0 Å². The summed E-state index contributed by atoms with van der Waals surface area (Å²) >= 11 is 9.08. The Labute approximate surface area is 95.1 Å². The zero-order valence-corrected chi connectivity index (χ0v) is 9.55. The van der Waals surface area contributed by atoms with Crippen LogP contribution in [0.25, 0.3) is 6.08 Å².